The van der Waals surface area contributed by atoms with E-state index in [-0.39, 0.29) is 0 Å². The molecule has 0 atom stereocenters. The van der Waals surface area contributed by atoms with Crippen molar-refractivity contribution < 1.29 is 0 Å². The molecule has 0 unspecified atom stereocenters. The summed E-state index contributed by atoms with van der Waals surface area (Å²) in [7, 11) is 0. The zero-order valence-electron chi connectivity index (χ0n) is 11.7. The van der Waals surface area contributed by atoms with Gasteiger partial charge in [0.2, 0.25) is 0 Å². The van der Waals surface area contributed by atoms with Crippen LogP contribution >= 0.6 is 0 Å². The van der Waals surface area contributed by atoms with Crippen LogP contribution in [0.3, 0.4) is 0 Å². The Morgan fingerprint density at radius 2 is 2.06 bits per heavy atom. The van der Waals surface area contributed by atoms with E-state index in [0.29, 0.717) is 12.1 Å². The molecule has 0 radical (unpaired) electrons. The van der Waals surface area contributed by atoms with Crippen molar-refractivity contribution in [1.29, 1.82) is 0 Å². The average Bonchev–Trinajstić information content (AvgIpc) is 2.84. The molecule has 0 amide bonds. The van der Waals surface area contributed by atoms with Crippen LogP contribution in [-0.2, 0) is 13.1 Å². The van der Waals surface area contributed by atoms with Crippen molar-refractivity contribution in [2.24, 2.45) is 5.73 Å². The van der Waals surface area contributed by atoms with Crippen LogP contribution in [0.2, 0.25) is 0 Å². The SMILES string of the molecule is CCN(Cc1ccnn1CC)C1CCC(N)CC1. The first-order chi connectivity index (χ1) is 8.74. The quantitative estimate of drug-likeness (QED) is 0.869. The highest BCUT2D eigenvalue weighted by molar-refractivity contribution is 5.01. The van der Waals surface area contributed by atoms with Gasteiger partial charge in [-0.15, -0.1) is 0 Å². The van der Waals surface area contributed by atoms with Crippen LogP contribution in [0.25, 0.3) is 0 Å². The molecule has 1 aliphatic rings. The monoisotopic (exact) mass is 250 g/mol. The molecule has 2 rings (SSSR count). The molecule has 1 aliphatic carbocycles. The van der Waals surface area contributed by atoms with Crippen molar-refractivity contribution in [3.8, 4) is 0 Å². The minimum Gasteiger partial charge on any atom is -0.328 e. The van der Waals surface area contributed by atoms with Gasteiger partial charge in [0.15, 0.2) is 0 Å². The first-order valence-corrected chi connectivity index (χ1v) is 7.24. The summed E-state index contributed by atoms with van der Waals surface area (Å²) in [6.07, 6.45) is 6.75. The Bertz CT molecular complexity index is 352. The van der Waals surface area contributed by atoms with Crippen LogP contribution in [0.15, 0.2) is 12.3 Å². The zero-order valence-corrected chi connectivity index (χ0v) is 11.7. The van der Waals surface area contributed by atoms with Crippen molar-refractivity contribution in [2.45, 2.75) is 64.7 Å². The Morgan fingerprint density at radius 1 is 1.33 bits per heavy atom. The van der Waals surface area contributed by atoms with Gasteiger partial charge in [0.05, 0.1) is 5.69 Å². The summed E-state index contributed by atoms with van der Waals surface area (Å²) in [6.45, 7) is 7.47. The van der Waals surface area contributed by atoms with E-state index in [9.17, 15) is 0 Å². The average molecular weight is 250 g/mol. The van der Waals surface area contributed by atoms with Gasteiger partial charge < -0.3 is 5.73 Å². The molecule has 0 aromatic carbocycles. The predicted molar refractivity (Wildman–Crippen MR) is 74.2 cm³/mol. The van der Waals surface area contributed by atoms with Gasteiger partial charge in [0, 0.05) is 31.4 Å². The number of nitrogens with zero attached hydrogens (tertiary/aromatic N) is 3. The van der Waals surface area contributed by atoms with Gasteiger partial charge in [-0.3, -0.25) is 9.58 Å². The third-order valence-corrected chi connectivity index (χ3v) is 4.13. The van der Waals surface area contributed by atoms with E-state index in [1.165, 1.54) is 31.4 Å². The van der Waals surface area contributed by atoms with Crippen molar-refractivity contribution >= 4 is 0 Å². The maximum Gasteiger partial charge on any atom is 0.0524 e. The first kappa shape index (κ1) is 13.6. The van der Waals surface area contributed by atoms with Gasteiger partial charge in [-0.05, 0) is 45.2 Å². The van der Waals surface area contributed by atoms with Gasteiger partial charge in [-0.2, -0.15) is 5.10 Å². The van der Waals surface area contributed by atoms with E-state index in [1.807, 2.05) is 6.20 Å². The van der Waals surface area contributed by atoms with Crippen molar-refractivity contribution in [1.82, 2.24) is 14.7 Å². The summed E-state index contributed by atoms with van der Waals surface area (Å²) in [4.78, 5) is 2.58. The molecule has 0 saturated heterocycles. The normalized spacial score (nSPS) is 24.7. The topological polar surface area (TPSA) is 47.1 Å². The number of aromatic nitrogens is 2. The Kier molecular flexibility index (Phi) is 4.78. The summed E-state index contributed by atoms with van der Waals surface area (Å²) in [6, 6.07) is 3.27. The van der Waals surface area contributed by atoms with Gasteiger partial charge in [-0.25, -0.2) is 0 Å². The highest BCUT2D eigenvalue weighted by Crippen LogP contribution is 2.23. The Labute approximate surface area is 110 Å². The molecular weight excluding hydrogens is 224 g/mol. The van der Waals surface area contributed by atoms with Crippen molar-refractivity contribution in [3.05, 3.63) is 18.0 Å². The number of aryl methyl sites for hydroxylation is 1. The Morgan fingerprint density at radius 3 is 2.67 bits per heavy atom. The molecule has 0 aliphatic heterocycles. The molecule has 1 saturated carbocycles. The predicted octanol–water partition coefficient (Wildman–Crippen LogP) is 1.99. The van der Waals surface area contributed by atoms with Gasteiger partial charge in [0.1, 0.15) is 0 Å². The molecule has 0 bridgehead atoms. The lowest BCUT2D eigenvalue weighted by atomic mass is 9.90. The second-order valence-corrected chi connectivity index (χ2v) is 5.27. The van der Waals surface area contributed by atoms with Gasteiger partial charge in [0.25, 0.3) is 0 Å². The largest absolute Gasteiger partial charge is 0.328 e. The lowest BCUT2D eigenvalue weighted by Gasteiger charge is -2.35. The summed E-state index contributed by atoms with van der Waals surface area (Å²) in [5.41, 5.74) is 7.32. The highest BCUT2D eigenvalue weighted by Gasteiger charge is 2.23. The molecule has 0 spiro atoms. The van der Waals surface area contributed by atoms with Crippen molar-refractivity contribution in [2.75, 3.05) is 6.54 Å². The fourth-order valence-electron chi connectivity index (χ4n) is 2.95. The Balaban J connectivity index is 1.97. The maximum absolute atomic E-state index is 5.99. The second-order valence-electron chi connectivity index (χ2n) is 5.27. The fourth-order valence-corrected chi connectivity index (χ4v) is 2.95. The van der Waals surface area contributed by atoms with Crippen LogP contribution in [-0.4, -0.2) is 33.3 Å². The van der Waals surface area contributed by atoms with E-state index in [2.05, 4.69) is 34.6 Å². The molecule has 1 heterocycles. The van der Waals surface area contributed by atoms with E-state index in [0.717, 1.165) is 19.6 Å². The van der Waals surface area contributed by atoms with Crippen LogP contribution in [0.5, 0.6) is 0 Å². The molecule has 4 heteroatoms. The standard InChI is InChI=1S/C14H26N4/c1-3-17(13-7-5-12(15)6-8-13)11-14-9-10-16-18(14)4-2/h9-10,12-13H,3-8,11,15H2,1-2H3. The molecule has 18 heavy (non-hydrogen) atoms. The first-order valence-electron chi connectivity index (χ1n) is 7.24. The molecular formula is C14H26N4. The molecule has 1 aromatic heterocycles. The van der Waals surface area contributed by atoms with E-state index >= 15 is 0 Å². The lowest BCUT2D eigenvalue weighted by Crippen LogP contribution is -2.40. The number of nitrogens with two attached hydrogens (primary N) is 1. The molecule has 2 N–H and O–H groups in total. The molecule has 1 aromatic rings. The summed E-state index contributed by atoms with van der Waals surface area (Å²) >= 11 is 0. The zero-order chi connectivity index (χ0) is 13.0. The van der Waals surface area contributed by atoms with Crippen LogP contribution < -0.4 is 5.73 Å². The third kappa shape index (κ3) is 3.12. The van der Waals surface area contributed by atoms with E-state index in [4.69, 9.17) is 5.73 Å². The van der Waals surface area contributed by atoms with Gasteiger partial charge >= 0.3 is 0 Å². The smallest absolute Gasteiger partial charge is 0.0524 e. The summed E-state index contributed by atoms with van der Waals surface area (Å²) in [5.74, 6) is 0. The lowest BCUT2D eigenvalue weighted by molar-refractivity contribution is 0.145. The number of rotatable bonds is 5. The second kappa shape index (κ2) is 6.34. The molecule has 102 valence electrons. The van der Waals surface area contributed by atoms with Gasteiger partial charge in [-0.1, -0.05) is 6.92 Å². The Hall–Kier alpha value is -0.870. The van der Waals surface area contributed by atoms with E-state index < -0.39 is 0 Å². The van der Waals surface area contributed by atoms with Crippen LogP contribution in [0.1, 0.15) is 45.2 Å². The van der Waals surface area contributed by atoms with Crippen LogP contribution in [0, 0.1) is 0 Å². The summed E-state index contributed by atoms with van der Waals surface area (Å²) in [5, 5.41) is 4.35. The number of hydrogen-bond acceptors (Lipinski definition) is 3. The highest BCUT2D eigenvalue weighted by atomic mass is 15.3. The molecule has 4 nitrogen and oxygen atoms in total. The minimum absolute atomic E-state index is 0.432. The maximum atomic E-state index is 5.99. The minimum atomic E-state index is 0.432. The number of hydrogen-bond donors (Lipinski definition) is 1. The van der Waals surface area contributed by atoms with Crippen molar-refractivity contribution in [3.63, 3.8) is 0 Å². The molecule has 1 fully saturated rings. The van der Waals surface area contributed by atoms with Crippen LogP contribution in [0.4, 0.5) is 0 Å². The van der Waals surface area contributed by atoms with E-state index in [1.54, 1.807) is 0 Å². The fraction of sp³-hybridized carbons (Fsp3) is 0.786. The summed E-state index contributed by atoms with van der Waals surface area (Å²) < 4.78 is 2.09. The third-order valence-electron chi connectivity index (χ3n) is 4.13.